The Hall–Kier alpha value is -4.34. The highest BCUT2D eigenvalue weighted by atomic mass is 19.1. The summed E-state index contributed by atoms with van der Waals surface area (Å²) in [6.45, 7) is 11.4. The second kappa shape index (κ2) is 13.7. The van der Waals surface area contributed by atoms with Gasteiger partial charge in [-0.05, 0) is 82.8 Å². The first-order chi connectivity index (χ1) is 25.7. The lowest BCUT2D eigenvalue weighted by atomic mass is 9.80. The van der Waals surface area contributed by atoms with Crippen molar-refractivity contribution in [3.63, 3.8) is 0 Å². The van der Waals surface area contributed by atoms with Gasteiger partial charge in [-0.15, -0.1) is 0 Å². The van der Waals surface area contributed by atoms with Crippen LogP contribution in [0, 0.1) is 0 Å². The minimum Gasteiger partial charge on any atom is -0.461 e. The molecule has 5 aliphatic heterocycles. The van der Waals surface area contributed by atoms with Crippen LogP contribution in [-0.2, 0) is 45.9 Å². The monoisotopic (exact) mass is 746 g/mol. The molecule has 2 amide bonds. The molecule has 5 aliphatic rings. The molecule has 3 aromatic rings. The summed E-state index contributed by atoms with van der Waals surface area (Å²) >= 11 is 0. The number of fused-ring (bicyclic) bond motifs is 5. The van der Waals surface area contributed by atoms with Gasteiger partial charge in [0.1, 0.15) is 29.8 Å². The Labute approximate surface area is 315 Å². The average Bonchev–Trinajstić information content (AvgIpc) is 3.74. The van der Waals surface area contributed by atoms with E-state index in [4.69, 9.17) is 28.9 Å². The molecule has 0 unspecified atom stereocenters. The van der Waals surface area contributed by atoms with Gasteiger partial charge in [-0.3, -0.25) is 19.7 Å². The molecule has 54 heavy (non-hydrogen) atoms. The van der Waals surface area contributed by atoms with E-state index >= 15 is 0 Å². The molecule has 1 N–H and O–H groups in total. The van der Waals surface area contributed by atoms with E-state index < -0.39 is 23.5 Å². The Morgan fingerprint density at radius 1 is 1.13 bits per heavy atom. The van der Waals surface area contributed by atoms with Gasteiger partial charge in [-0.25, -0.2) is 9.18 Å². The van der Waals surface area contributed by atoms with E-state index in [2.05, 4.69) is 20.2 Å². The van der Waals surface area contributed by atoms with E-state index in [9.17, 15) is 14.0 Å². The van der Waals surface area contributed by atoms with Crippen LogP contribution in [0.5, 0.6) is 6.01 Å². The summed E-state index contributed by atoms with van der Waals surface area (Å²) in [4.78, 5) is 41.6. The number of amides is 2. The van der Waals surface area contributed by atoms with Crippen LogP contribution in [-0.4, -0.2) is 106 Å². The first-order valence-corrected chi connectivity index (χ1v) is 19.1. The lowest BCUT2D eigenvalue weighted by Crippen LogP contribution is -2.45. The van der Waals surface area contributed by atoms with Gasteiger partial charge in [0.25, 0.3) is 5.91 Å². The highest BCUT2D eigenvalue weighted by Gasteiger charge is 2.50. The second-order valence-corrected chi connectivity index (χ2v) is 16.7. The molecule has 15 heteroatoms. The lowest BCUT2D eigenvalue weighted by Gasteiger charge is -2.44. The largest absolute Gasteiger partial charge is 0.461 e. The standard InChI is InChI=1S/C39H51FN8O6/c1-24-28-10-9-26(41-36(50)54-37(2,3)4)15-30(28)39(23-51-24)18-32-29(21-53-39)33(43-35(42-32)52-22-38-11-7-13-47(38)19-25(40)17-38)46-12-8-14-48-27(20-46)16-31(44-48)34(49)45(5)6/h9-10,15-16,24-25H,7-8,11-14,17-23H2,1-6H3,(H,41,50)/t24-,25+,38-,39-/m0/s1. The summed E-state index contributed by atoms with van der Waals surface area (Å²) < 4.78 is 41.9. The highest BCUT2D eigenvalue weighted by Crippen LogP contribution is 2.47. The van der Waals surface area contributed by atoms with Crippen LogP contribution in [0.1, 0.15) is 98.0 Å². The molecular formula is C39H51FN8O6. The van der Waals surface area contributed by atoms with E-state index in [1.807, 2.05) is 56.6 Å². The summed E-state index contributed by atoms with van der Waals surface area (Å²) in [7, 11) is 3.44. The maximum absolute atomic E-state index is 14.7. The molecule has 0 bridgehead atoms. The molecule has 1 spiro atoms. The quantitative estimate of drug-likeness (QED) is 0.359. The number of rotatable bonds is 6. The molecule has 0 saturated carbocycles. The first kappa shape index (κ1) is 36.6. The topological polar surface area (TPSA) is 136 Å². The van der Waals surface area contributed by atoms with Crippen LogP contribution in [0.4, 0.5) is 20.7 Å². The number of hydrogen-bond acceptors (Lipinski definition) is 11. The first-order valence-electron chi connectivity index (χ1n) is 19.1. The highest BCUT2D eigenvalue weighted by molar-refractivity contribution is 5.92. The Bertz CT molecular complexity index is 1950. The van der Waals surface area contributed by atoms with Crippen LogP contribution in [0.15, 0.2) is 24.3 Å². The number of hydrogen-bond donors (Lipinski definition) is 1. The van der Waals surface area contributed by atoms with Gasteiger partial charge >= 0.3 is 12.1 Å². The average molecular weight is 747 g/mol. The minimum atomic E-state index is -0.893. The molecule has 290 valence electrons. The predicted molar refractivity (Wildman–Crippen MR) is 197 cm³/mol. The van der Waals surface area contributed by atoms with Crippen molar-refractivity contribution in [2.24, 2.45) is 0 Å². The number of aryl methyl sites for hydroxylation is 1. The van der Waals surface area contributed by atoms with Crippen LogP contribution >= 0.6 is 0 Å². The van der Waals surface area contributed by atoms with Gasteiger partial charge in [0, 0.05) is 57.8 Å². The molecule has 1 aromatic carbocycles. The van der Waals surface area contributed by atoms with E-state index in [1.54, 1.807) is 14.1 Å². The van der Waals surface area contributed by atoms with Crippen LogP contribution in [0.2, 0.25) is 0 Å². The summed E-state index contributed by atoms with van der Waals surface area (Å²) in [5.74, 6) is 0.564. The summed E-state index contributed by atoms with van der Waals surface area (Å²) in [5, 5.41) is 7.52. The van der Waals surface area contributed by atoms with Gasteiger partial charge in [0.15, 0.2) is 5.69 Å². The number of nitrogens with zero attached hydrogens (tertiary/aromatic N) is 7. The van der Waals surface area contributed by atoms with Crippen molar-refractivity contribution in [2.75, 3.05) is 57.2 Å². The maximum Gasteiger partial charge on any atom is 0.412 e. The number of nitrogens with one attached hydrogen (secondary N) is 1. The molecule has 4 atom stereocenters. The molecule has 0 aliphatic carbocycles. The Kier molecular flexibility index (Phi) is 9.33. The predicted octanol–water partition coefficient (Wildman–Crippen LogP) is 5.15. The number of halogens is 1. The maximum atomic E-state index is 14.7. The van der Waals surface area contributed by atoms with Crippen molar-refractivity contribution in [3.8, 4) is 6.01 Å². The number of carbonyl (C=O) groups is 2. The summed E-state index contributed by atoms with van der Waals surface area (Å²) in [6, 6.07) is 7.87. The van der Waals surface area contributed by atoms with Crippen LogP contribution in [0.25, 0.3) is 0 Å². The fourth-order valence-electron chi connectivity index (χ4n) is 8.77. The number of carbonyl (C=O) groups excluding carboxylic acids is 2. The molecular weight excluding hydrogens is 695 g/mol. The lowest BCUT2D eigenvalue weighted by molar-refractivity contribution is -0.148. The zero-order valence-corrected chi connectivity index (χ0v) is 32.1. The molecule has 14 nitrogen and oxygen atoms in total. The third-order valence-corrected chi connectivity index (χ3v) is 11.4. The number of ether oxygens (including phenoxy) is 4. The SMILES string of the molecule is C[C@@H]1OC[C@@]2(Cc3nc(OC[C@@]45CCCN4C[C@H](F)C5)nc(N4CCCn5nc(C(=O)N(C)C)cc5C4)c3CO2)c2cc(NC(=O)OC(C)(C)C)ccc21. The minimum absolute atomic E-state index is 0.146. The molecule has 2 fully saturated rings. The number of aromatic nitrogens is 4. The van der Waals surface area contributed by atoms with Gasteiger partial charge in [-0.1, -0.05) is 6.07 Å². The fraction of sp³-hybridized carbons (Fsp3) is 0.615. The Balaban J connectivity index is 1.15. The second-order valence-electron chi connectivity index (χ2n) is 16.7. The Morgan fingerprint density at radius 3 is 2.76 bits per heavy atom. The molecule has 2 saturated heterocycles. The normalized spacial score (nSPS) is 26.4. The van der Waals surface area contributed by atoms with Crippen LogP contribution < -0.4 is 15.0 Å². The number of anilines is 2. The Morgan fingerprint density at radius 2 is 1.96 bits per heavy atom. The third kappa shape index (κ3) is 6.90. The van der Waals surface area contributed by atoms with Crippen molar-refractivity contribution in [2.45, 2.75) is 109 Å². The van der Waals surface area contributed by atoms with Gasteiger partial charge in [0.05, 0.1) is 42.8 Å². The number of alkyl halides is 1. The van der Waals surface area contributed by atoms with Crippen molar-refractivity contribution in [1.29, 1.82) is 0 Å². The zero-order chi connectivity index (χ0) is 38.0. The van der Waals surface area contributed by atoms with E-state index in [0.717, 1.165) is 53.9 Å². The van der Waals surface area contributed by atoms with E-state index in [0.29, 0.717) is 62.8 Å². The van der Waals surface area contributed by atoms with Gasteiger partial charge in [-0.2, -0.15) is 15.1 Å². The zero-order valence-electron chi connectivity index (χ0n) is 32.1. The molecule has 0 radical (unpaired) electrons. The third-order valence-electron chi connectivity index (χ3n) is 11.4. The van der Waals surface area contributed by atoms with Gasteiger partial charge in [0.2, 0.25) is 0 Å². The van der Waals surface area contributed by atoms with E-state index in [-0.39, 0.29) is 36.8 Å². The van der Waals surface area contributed by atoms with Crippen molar-refractivity contribution >= 4 is 23.5 Å². The van der Waals surface area contributed by atoms with Crippen LogP contribution in [0.3, 0.4) is 0 Å². The smallest absolute Gasteiger partial charge is 0.412 e. The van der Waals surface area contributed by atoms with Crippen molar-refractivity contribution in [1.82, 2.24) is 29.5 Å². The van der Waals surface area contributed by atoms with Gasteiger partial charge < -0.3 is 28.7 Å². The summed E-state index contributed by atoms with van der Waals surface area (Å²) in [5.41, 5.74) is 3.54. The molecule has 8 rings (SSSR count). The number of benzene rings is 1. The van der Waals surface area contributed by atoms with E-state index in [1.165, 1.54) is 4.90 Å². The molecule has 7 heterocycles. The van der Waals surface area contributed by atoms with Crippen molar-refractivity contribution in [3.05, 3.63) is 58.0 Å². The fourth-order valence-corrected chi connectivity index (χ4v) is 8.77. The molecule has 2 aromatic heterocycles. The summed E-state index contributed by atoms with van der Waals surface area (Å²) in [6.07, 6.45) is 1.89. The van der Waals surface area contributed by atoms with Crippen molar-refractivity contribution < 1.29 is 32.9 Å².